The average molecular weight is 537 g/mol. The highest BCUT2D eigenvalue weighted by atomic mass is 32.2. The molecule has 39 heavy (non-hydrogen) atoms. The highest BCUT2D eigenvalue weighted by Gasteiger charge is 2.30. The number of hydrogen-bond acceptors (Lipinski definition) is 6. The van der Waals surface area contributed by atoms with Crippen molar-refractivity contribution >= 4 is 15.7 Å². The lowest BCUT2D eigenvalue weighted by Crippen LogP contribution is -2.48. The molecule has 0 N–H and O–H groups in total. The van der Waals surface area contributed by atoms with Gasteiger partial charge in [0.1, 0.15) is 0 Å². The molecule has 1 saturated heterocycles. The molecule has 0 saturated carbocycles. The van der Waals surface area contributed by atoms with Gasteiger partial charge in [-0.1, -0.05) is 78.0 Å². The third-order valence-electron chi connectivity index (χ3n) is 7.06. The number of benzene rings is 4. The predicted octanol–water partition coefficient (Wildman–Crippen LogP) is 5.89. The van der Waals surface area contributed by atoms with Gasteiger partial charge in [0.2, 0.25) is 21.7 Å². The molecule has 0 aliphatic carbocycles. The van der Waals surface area contributed by atoms with Crippen LogP contribution >= 0.6 is 0 Å². The maximum Gasteiger partial charge on any atom is 0.243 e. The molecule has 2 heterocycles. The van der Waals surface area contributed by atoms with Gasteiger partial charge in [0.05, 0.1) is 4.90 Å². The number of rotatable bonds is 6. The normalized spacial score (nSPS) is 14.4. The molecule has 0 radical (unpaired) electrons. The second-order valence-electron chi connectivity index (χ2n) is 9.51. The minimum atomic E-state index is -3.67. The molecule has 0 bridgehead atoms. The van der Waals surface area contributed by atoms with E-state index in [-0.39, 0.29) is 0 Å². The van der Waals surface area contributed by atoms with Crippen molar-refractivity contribution < 1.29 is 12.9 Å². The first-order chi connectivity index (χ1) is 19.0. The number of piperazine rings is 1. The van der Waals surface area contributed by atoms with Crippen LogP contribution in [0.2, 0.25) is 0 Å². The van der Waals surface area contributed by atoms with Crippen LogP contribution in [0.1, 0.15) is 5.89 Å². The van der Waals surface area contributed by atoms with Crippen LogP contribution in [0.25, 0.3) is 33.6 Å². The van der Waals surface area contributed by atoms with Gasteiger partial charge in [-0.25, -0.2) is 8.42 Å². The average Bonchev–Trinajstić information content (AvgIpc) is 3.44. The van der Waals surface area contributed by atoms with Crippen LogP contribution in [0.5, 0.6) is 0 Å². The Hall–Kier alpha value is -4.27. The Bertz CT molecular complexity index is 1670. The van der Waals surface area contributed by atoms with E-state index >= 15 is 0 Å². The van der Waals surface area contributed by atoms with Crippen molar-refractivity contribution in [2.75, 3.05) is 31.1 Å². The Labute approximate surface area is 228 Å². The van der Waals surface area contributed by atoms with Gasteiger partial charge in [0, 0.05) is 49.9 Å². The first-order valence-corrected chi connectivity index (χ1v) is 14.3. The third-order valence-corrected chi connectivity index (χ3v) is 9.02. The maximum absolute atomic E-state index is 13.8. The molecule has 6 rings (SSSR count). The van der Waals surface area contributed by atoms with Crippen molar-refractivity contribution in [2.45, 2.75) is 11.8 Å². The maximum atomic E-state index is 13.8. The summed E-state index contributed by atoms with van der Waals surface area (Å²) in [5.41, 5.74) is 5.73. The molecule has 1 fully saturated rings. The summed E-state index contributed by atoms with van der Waals surface area (Å²) in [6.07, 6.45) is 0. The van der Waals surface area contributed by atoms with Gasteiger partial charge in [-0.3, -0.25) is 0 Å². The minimum absolute atomic E-state index is 0.339. The molecular formula is C31H28N4O3S. The minimum Gasteiger partial charge on any atom is -0.369 e. The molecule has 0 atom stereocenters. The molecule has 0 unspecified atom stereocenters. The van der Waals surface area contributed by atoms with E-state index < -0.39 is 10.0 Å². The predicted molar refractivity (Wildman–Crippen MR) is 153 cm³/mol. The molecule has 1 aliphatic rings. The fourth-order valence-corrected chi connectivity index (χ4v) is 6.60. The summed E-state index contributed by atoms with van der Waals surface area (Å²) in [5.74, 6) is 1.08. The van der Waals surface area contributed by atoms with Crippen molar-refractivity contribution in [1.82, 2.24) is 14.4 Å². The Kier molecular flexibility index (Phi) is 6.72. The fraction of sp³-hybridized carbons (Fsp3) is 0.161. The zero-order valence-electron chi connectivity index (χ0n) is 21.6. The van der Waals surface area contributed by atoms with E-state index in [4.69, 9.17) is 4.52 Å². The van der Waals surface area contributed by atoms with Gasteiger partial charge in [-0.2, -0.15) is 9.29 Å². The van der Waals surface area contributed by atoms with Crippen molar-refractivity contribution in [3.8, 4) is 33.6 Å². The molecule has 4 aromatic carbocycles. The van der Waals surface area contributed by atoms with Crippen LogP contribution in [0.3, 0.4) is 0 Å². The van der Waals surface area contributed by atoms with Crippen LogP contribution in [-0.4, -0.2) is 49.0 Å². The van der Waals surface area contributed by atoms with E-state index in [1.807, 2.05) is 78.9 Å². The van der Waals surface area contributed by atoms with Crippen LogP contribution < -0.4 is 4.90 Å². The highest BCUT2D eigenvalue weighted by Crippen LogP contribution is 2.32. The molecule has 1 aromatic heterocycles. The van der Waals surface area contributed by atoms with Gasteiger partial charge >= 0.3 is 0 Å². The molecular weight excluding hydrogens is 508 g/mol. The Morgan fingerprint density at radius 1 is 0.667 bits per heavy atom. The summed E-state index contributed by atoms with van der Waals surface area (Å²) in [4.78, 5) is 6.81. The number of nitrogens with zero attached hydrogens (tertiary/aromatic N) is 4. The summed E-state index contributed by atoms with van der Waals surface area (Å²) in [6, 6.07) is 33.4. The van der Waals surface area contributed by atoms with Gasteiger partial charge in [-0.15, -0.1) is 0 Å². The van der Waals surface area contributed by atoms with Gasteiger partial charge < -0.3 is 9.42 Å². The van der Waals surface area contributed by atoms with E-state index in [0.717, 1.165) is 27.9 Å². The summed E-state index contributed by atoms with van der Waals surface area (Å²) < 4.78 is 34.3. The molecule has 0 amide bonds. The van der Waals surface area contributed by atoms with Crippen LogP contribution in [-0.2, 0) is 10.0 Å². The topological polar surface area (TPSA) is 79.5 Å². The van der Waals surface area contributed by atoms with E-state index in [2.05, 4.69) is 27.2 Å². The smallest absolute Gasteiger partial charge is 0.243 e. The van der Waals surface area contributed by atoms with E-state index in [9.17, 15) is 8.42 Å². The largest absolute Gasteiger partial charge is 0.369 e. The summed E-state index contributed by atoms with van der Waals surface area (Å²) in [7, 11) is -3.67. The molecule has 7 nitrogen and oxygen atoms in total. The SMILES string of the molecule is Cc1nc(-c2ccc(N3CCN(S(=O)(=O)c4ccccc4-c4ccc(-c5ccccc5)cc4)CC3)cc2)no1. The Morgan fingerprint density at radius 3 is 1.92 bits per heavy atom. The number of aryl methyl sites for hydroxylation is 1. The van der Waals surface area contributed by atoms with Crippen molar-refractivity contribution in [3.05, 3.63) is 109 Å². The number of sulfonamides is 1. The lowest BCUT2D eigenvalue weighted by atomic mass is 10.0. The highest BCUT2D eigenvalue weighted by molar-refractivity contribution is 7.89. The van der Waals surface area contributed by atoms with Crippen molar-refractivity contribution in [1.29, 1.82) is 0 Å². The number of hydrogen-bond donors (Lipinski definition) is 0. The van der Waals surface area contributed by atoms with Crippen molar-refractivity contribution in [3.63, 3.8) is 0 Å². The van der Waals surface area contributed by atoms with Gasteiger partial charge in [0.25, 0.3) is 0 Å². The molecule has 1 aliphatic heterocycles. The van der Waals surface area contributed by atoms with Crippen LogP contribution in [0.4, 0.5) is 5.69 Å². The molecule has 8 heteroatoms. The van der Waals surface area contributed by atoms with E-state index in [1.54, 1.807) is 23.4 Å². The molecule has 5 aromatic rings. The monoisotopic (exact) mass is 536 g/mol. The first-order valence-electron chi connectivity index (χ1n) is 12.9. The number of anilines is 1. The zero-order chi connectivity index (χ0) is 26.8. The molecule has 0 spiro atoms. The van der Waals surface area contributed by atoms with E-state index in [1.165, 1.54) is 0 Å². The summed E-state index contributed by atoms with van der Waals surface area (Å²) >= 11 is 0. The van der Waals surface area contributed by atoms with E-state index in [0.29, 0.717) is 48.4 Å². The quantitative estimate of drug-likeness (QED) is 0.269. The second kappa shape index (κ2) is 10.5. The molecule has 196 valence electrons. The summed E-state index contributed by atoms with van der Waals surface area (Å²) in [6.45, 7) is 3.80. The van der Waals surface area contributed by atoms with Crippen LogP contribution in [0.15, 0.2) is 113 Å². The van der Waals surface area contributed by atoms with Crippen LogP contribution in [0, 0.1) is 6.92 Å². The second-order valence-corrected chi connectivity index (χ2v) is 11.4. The Morgan fingerprint density at radius 2 is 1.26 bits per heavy atom. The first kappa shape index (κ1) is 25.0. The standard InChI is InChI=1S/C31H28N4O3S/c1-23-32-31(33-38-23)27-15-17-28(18-16-27)34-19-21-35(22-20-34)39(36,37)30-10-6-5-9-29(30)26-13-11-25(12-14-26)24-7-3-2-4-8-24/h2-18H,19-22H2,1H3. The Balaban J connectivity index is 1.18. The lowest BCUT2D eigenvalue weighted by Gasteiger charge is -2.35. The zero-order valence-corrected chi connectivity index (χ0v) is 22.4. The van der Waals surface area contributed by atoms with Gasteiger partial charge in [0.15, 0.2) is 0 Å². The third kappa shape index (κ3) is 5.08. The van der Waals surface area contributed by atoms with Crippen molar-refractivity contribution in [2.24, 2.45) is 0 Å². The summed E-state index contributed by atoms with van der Waals surface area (Å²) in [5, 5.41) is 3.97. The fourth-order valence-electron chi connectivity index (χ4n) is 4.97. The lowest BCUT2D eigenvalue weighted by molar-refractivity contribution is 0.385. The van der Waals surface area contributed by atoms with Gasteiger partial charge in [-0.05, 0) is 47.0 Å². The number of aromatic nitrogens is 2.